The average Bonchev–Trinajstić information content (AvgIpc) is 2.19. The summed E-state index contributed by atoms with van der Waals surface area (Å²) >= 11 is 0. The summed E-state index contributed by atoms with van der Waals surface area (Å²) in [6.07, 6.45) is 3.57. The van der Waals surface area contributed by atoms with Crippen molar-refractivity contribution in [3.05, 3.63) is 11.5 Å². The molecule has 0 bridgehead atoms. The highest BCUT2D eigenvalue weighted by molar-refractivity contribution is 7.93. The molecule has 0 saturated carbocycles. The molecule has 0 aliphatic carbocycles. The standard InChI is InChI=1S/C9H18N2O2S/c1-9(14(12,13)10-2)8-11-6-4-3-5-7-11/h10H,1,3-8H2,2H3. The molecule has 14 heavy (non-hydrogen) atoms. The largest absolute Gasteiger partial charge is 0.298 e. The summed E-state index contributed by atoms with van der Waals surface area (Å²) < 4.78 is 24.9. The Morgan fingerprint density at radius 3 is 2.43 bits per heavy atom. The molecule has 0 atom stereocenters. The minimum Gasteiger partial charge on any atom is -0.298 e. The summed E-state index contributed by atoms with van der Waals surface area (Å²) in [6.45, 7) is 6.03. The van der Waals surface area contributed by atoms with Crippen LogP contribution >= 0.6 is 0 Å². The first-order valence-electron chi connectivity index (χ1n) is 4.90. The molecule has 0 radical (unpaired) electrons. The van der Waals surface area contributed by atoms with Gasteiger partial charge in [-0.25, -0.2) is 13.1 Å². The van der Waals surface area contributed by atoms with E-state index in [1.54, 1.807) is 0 Å². The van der Waals surface area contributed by atoms with Crippen LogP contribution in [0.3, 0.4) is 0 Å². The van der Waals surface area contributed by atoms with Crippen LogP contribution in [0.2, 0.25) is 0 Å². The lowest BCUT2D eigenvalue weighted by molar-refractivity contribution is 0.249. The van der Waals surface area contributed by atoms with Crippen LogP contribution in [0.1, 0.15) is 19.3 Å². The highest BCUT2D eigenvalue weighted by atomic mass is 32.2. The summed E-state index contributed by atoms with van der Waals surface area (Å²) in [5.41, 5.74) is 0. The molecule has 1 fully saturated rings. The van der Waals surface area contributed by atoms with Gasteiger partial charge in [-0.05, 0) is 33.0 Å². The second-order valence-electron chi connectivity index (χ2n) is 3.58. The van der Waals surface area contributed by atoms with E-state index >= 15 is 0 Å². The Hall–Kier alpha value is -0.390. The lowest BCUT2D eigenvalue weighted by Crippen LogP contribution is -2.34. The van der Waals surface area contributed by atoms with Crippen molar-refractivity contribution in [1.82, 2.24) is 9.62 Å². The number of nitrogens with zero attached hydrogens (tertiary/aromatic N) is 1. The van der Waals surface area contributed by atoms with E-state index in [1.807, 2.05) is 0 Å². The zero-order valence-electron chi connectivity index (χ0n) is 8.62. The van der Waals surface area contributed by atoms with Crippen molar-refractivity contribution in [3.8, 4) is 0 Å². The molecule has 1 N–H and O–H groups in total. The van der Waals surface area contributed by atoms with Crippen molar-refractivity contribution in [2.45, 2.75) is 19.3 Å². The molecule has 82 valence electrons. The van der Waals surface area contributed by atoms with Gasteiger partial charge >= 0.3 is 0 Å². The Morgan fingerprint density at radius 2 is 1.93 bits per heavy atom. The molecule has 0 aromatic carbocycles. The SMILES string of the molecule is C=C(CN1CCCCC1)S(=O)(=O)NC. The lowest BCUT2D eigenvalue weighted by Gasteiger charge is -2.26. The Labute approximate surface area is 86.0 Å². The van der Waals surface area contributed by atoms with Gasteiger partial charge in [-0.3, -0.25) is 4.90 Å². The number of sulfonamides is 1. The van der Waals surface area contributed by atoms with Crippen molar-refractivity contribution < 1.29 is 8.42 Å². The van der Waals surface area contributed by atoms with Crippen LogP contribution in [0.5, 0.6) is 0 Å². The zero-order valence-corrected chi connectivity index (χ0v) is 9.44. The number of nitrogens with one attached hydrogen (secondary N) is 1. The van der Waals surface area contributed by atoms with Crippen LogP contribution < -0.4 is 4.72 Å². The topological polar surface area (TPSA) is 49.4 Å². The van der Waals surface area contributed by atoms with Gasteiger partial charge in [0.2, 0.25) is 10.0 Å². The van der Waals surface area contributed by atoms with E-state index in [0.29, 0.717) is 6.54 Å². The monoisotopic (exact) mass is 218 g/mol. The number of hydrogen-bond acceptors (Lipinski definition) is 3. The van der Waals surface area contributed by atoms with Crippen molar-refractivity contribution >= 4 is 10.0 Å². The van der Waals surface area contributed by atoms with Gasteiger partial charge in [-0.2, -0.15) is 0 Å². The molecule has 0 aromatic heterocycles. The maximum Gasteiger partial charge on any atom is 0.237 e. The molecule has 0 spiro atoms. The van der Waals surface area contributed by atoms with Crippen LogP contribution in [-0.2, 0) is 10.0 Å². The molecule has 1 aliphatic rings. The molecule has 1 aliphatic heterocycles. The second-order valence-corrected chi connectivity index (χ2v) is 5.58. The first kappa shape index (κ1) is 11.7. The normalized spacial score (nSPS) is 19.5. The van der Waals surface area contributed by atoms with Gasteiger partial charge in [-0.15, -0.1) is 0 Å². The van der Waals surface area contributed by atoms with Crippen LogP contribution in [0, 0.1) is 0 Å². The quantitative estimate of drug-likeness (QED) is 0.749. The van der Waals surface area contributed by atoms with Gasteiger partial charge in [-0.1, -0.05) is 13.0 Å². The predicted octanol–water partition coefficient (Wildman–Crippen LogP) is 0.535. The third kappa shape index (κ3) is 3.08. The molecule has 1 rings (SSSR count). The van der Waals surface area contributed by atoms with E-state index in [1.165, 1.54) is 13.5 Å². The van der Waals surface area contributed by atoms with Crippen LogP contribution in [0.4, 0.5) is 0 Å². The van der Waals surface area contributed by atoms with E-state index in [9.17, 15) is 8.42 Å². The number of rotatable bonds is 4. The van der Waals surface area contributed by atoms with E-state index in [4.69, 9.17) is 0 Å². The Kier molecular flexibility index (Phi) is 4.10. The Balaban J connectivity index is 2.47. The smallest absolute Gasteiger partial charge is 0.237 e. The van der Waals surface area contributed by atoms with Gasteiger partial charge in [0.25, 0.3) is 0 Å². The minimum absolute atomic E-state index is 0.266. The molecule has 0 amide bonds. The fourth-order valence-electron chi connectivity index (χ4n) is 1.60. The lowest BCUT2D eigenvalue weighted by atomic mass is 10.1. The molecule has 4 nitrogen and oxygen atoms in total. The van der Waals surface area contributed by atoms with Gasteiger partial charge < -0.3 is 0 Å². The minimum atomic E-state index is -3.28. The highest BCUT2D eigenvalue weighted by Crippen LogP contribution is 2.11. The summed E-state index contributed by atoms with van der Waals surface area (Å²) in [5, 5.41) is 0. The number of hydrogen-bond donors (Lipinski definition) is 1. The van der Waals surface area contributed by atoms with E-state index in [2.05, 4.69) is 16.2 Å². The third-order valence-electron chi connectivity index (χ3n) is 2.50. The summed E-state index contributed by atoms with van der Waals surface area (Å²) in [7, 11) is -1.87. The average molecular weight is 218 g/mol. The second kappa shape index (κ2) is 4.91. The number of piperidine rings is 1. The van der Waals surface area contributed by atoms with Crippen LogP contribution in [0.25, 0.3) is 0 Å². The maximum absolute atomic E-state index is 11.3. The van der Waals surface area contributed by atoms with E-state index in [-0.39, 0.29) is 4.91 Å². The number of likely N-dealkylation sites (tertiary alicyclic amines) is 1. The molecule has 1 heterocycles. The summed E-state index contributed by atoms with van der Waals surface area (Å²) in [5.74, 6) is 0. The van der Waals surface area contributed by atoms with Crippen LogP contribution in [0.15, 0.2) is 11.5 Å². The van der Waals surface area contributed by atoms with E-state index in [0.717, 1.165) is 25.9 Å². The summed E-state index contributed by atoms with van der Waals surface area (Å²) in [6, 6.07) is 0. The van der Waals surface area contributed by atoms with Crippen molar-refractivity contribution in [2.24, 2.45) is 0 Å². The first-order chi connectivity index (χ1) is 6.56. The fraction of sp³-hybridized carbons (Fsp3) is 0.778. The molecule has 5 heteroatoms. The van der Waals surface area contributed by atoms with Crippen molar-refractivity contribution in [2.75, 3.05) is 26.7 Å². The first-order valence-corrected chi connectivity index (χ1v) is 6.38. The Bertz CT molecular complexity index is 292. The van der Waals surface area contributed by atoms with Crippen molar-refractivity contribution in [3.63, 3.8) is 0 Å². The third-order valence-corrected chi connectivity index (χ3v) is 3.92. The molecule has 1 saturated heterocycles. The van der Waals surface area contributed by atoms with Gasteiger partial charge in [0.1, 0.15) is 0 Å². The van der Waals surface area contributed by atoms with E-state index < -0.39 is 10.0 Å². The zero-order chi connectivity index (χ0) is 10.6. The van der Waals surface area contributed by atoms with Crippen LogP contribution in [-0.4, -0.2) is 40.0 Å². The maximum atomic E-state index is 11.3. The van der Waals surface area contributed by atoms with Gasteiger partial charge in [0, 0.05) is 6.54 Å². The molecule has 0 unspecified atom stereocenters. The fourth-order valence-corrected chi connectivity index (χ4v) is 2.24. The highest BCUT2D eigenvalue weighted by Gasteiger charge is 2.17. The Morgan fingerprint density at radius 1 is 1.36 bits per heavy atom. The van der Waals surface area contributed by atoms with Gasteiger partial charge in [0.05, 0.1) is 4.91 Å². The predicted molar refractivity (Wildman–Crippen MR) is 57.4 cm³/mol. The summed E-state index contributed by atoms with van der Waals surface area (Å²) in [4.78, 5) is 2.41. The van der Waals surface area contributed by atoms with Crippen molar-refractivity contribution in [1.29, 1.82) is 0 Å². The molecule has 0 aromatic rings. The molecular formula is C9H18N2O2S. The molecular weight excluding hydrogens is 200 g/mol. The van der Waals surface area contributed by atoms with Gasteiger partial charge in [0.15, 0.2) is 0 Å².